The quantitative estimate of drug-likeness (QED) is 0.782. The van der Waals surface area contributed by atoms with Crippen LogP contribution in [0.5, 0.6) is 0 Å². The Bertz CT molecular complexity index is 729. The first-order chi connectivity index (χ1) is 11.6. The topological polar surface area (TPSA) is 95.8 Å². The van der Waals surface area contributed by atoms with Crippen molar-refractivity contribution in [2.45, 2.75) is 65.0 Å². The van der Waals surface area contributed by atoms with E-state index < -0.39 is 5.91 Å². The van der Waals surface area contributed by atoms with Gasteiger partial charge in [-0.25, -0.2) is 0 Å². The molecule has 25 heavy (non-hydrogen) atoms. The van der Waals surface area contributed by atoms with Crippen molar-refractivity contribution >= 4 is 28.2 Å². The summed E-state index contributed by atoms with van der Waals surface area (Å²) < 4.78 is 4.93. The van der Waals surface area contributed by atoms with Gasteiger partial charge in [0.1, 0.15) is 16.6 Å². The molecule has 2 rings (SSSR count). The van der Waals surface area contributed by atoms with Crippen LogP contribution >= 0.6 is 11.3 Å². The van der Waals surface area contributed by atoms with Gasteiger partial charge in [0.15, 0.2) is 6.61 Å². The summed E-state index contributed by atoms with van der Waals surface area (Å²) in [5.74, 6) is -0.804. The molecule has 1 aliphatic heterocycles. The first-order valence-corrected chi connectivity index (χ1v) is 9.30. The van der Waals surface area contributed by atoms with Crippen LogP contribution in [-0.4, -0.2) is 24.0 Å². The van der Waals surface area contributed by atoms with Gasteiger partial charge in [-0.15, -0.1) is 11.3 Å². The highest BCUT2D eigenvalue weighted by Gasteiger charge is 2.44. The van der Waals surface area contributed by atoms with E-state index in [0.717, 1.165) is 16.9 Å². The number of hydrogen-bond donors (Lipinski definition) is 2. The van der Waals surface area contributed by atoms with Crippen LogP contribution in [0.25, 0.3) is 0 Å². The molecule has 1 aromatic heterocycles. The van der Waals surface area contributed by atoms with Crippen molar-refractivity contribution in [1.29, 1.82) is 5.26 Å². The van der Waals surface area contributed by atoms with E-state index >= 15 is 0 Å². The Balaban J connectivity index is 2.21. The molecule has 0 radical (unpaired) electrons. The minimum Gasteiger partial charge on any atom is -0.456 e. The van der Waals surface area contributed by atoms with Crippen LogP contribution in [-0.2, 0) is 26.3 Å². The van der Waals surface area contributed by atoms with Gasteiger partial charge in [-0.05, 0) is 39.7 Å². The maximum Gasteiger partial charge on any atom is 0.306 e. The van der Waals surface area contributed by atoms with Gasteiger partial charge in [0, 0.05) is 12.8 Å². The van der Waals surface area contributed by atoms with Gasteiger partial charge in [-0.3, -0.25) is 9.59 Å². The third-order valence-electron chi connectivity index (χ3n) is 4.16. The lowest BCUT2D eigenvalue weighted by Gasteiger charge is -2.38. The molecule has 1 aliphatic rings. The SMILES string of the molecule is CCCC(=O)OCC(=O)Nc1sc2c(c1C#N)CC(C)(C)[NH2+]C2(C)C. The Morgan fingerprint density at radius 2 is 2.04 bits per heavy atom. The number of anilines is 1. The highest BCUT2D eigenvalue weighted by atomic mass is 32.1. The van der Waals surface area contributed by atoms with E-state index in [1.807, 2.05) is 6.92 Å². The summed E-state index contributed by atoms with van der Waals surface area (Å²) in [5, 5.41) is 15.2. The Hall–Kier alpha value is -1.91. The van der Waals surface area contributed by atoms with E-state index in [2.05, 4.69) is 44.4 Å². The zero-order valence-corrected chi connectivity index (χ0v) is 16.3. The van der Waals surface area contributed by atoms with Crippen LogP contribution < -0.4 is 10.6 Å². The van der Waals surface area contributed by atoms with Crippen molar-refractivity contribution in [3.8, 4) is 6.07 Å². The first kappa shape index (κ1) is 19.4. The van der Waals surface area contributed by atoms with E-state index in [0.29, 0.717) is 23.4 Å². The number of esters is 1. The largest absolute Gasteiger partial charge is 0.456 e. The fraction of sp³-hybridized carbons (Fsp3) is 0.611. The molecule has 0 bridgehead atoms. The summed E-state index contributed by atoms with van der Waals surface area (Å²) in [6.07, 6.45) is 1.74. The second-order valence-electron chi connectivity index (χ2n) is 7.72. The van der Waals surface area contributed by atoms with E-state index in [1.165, 1.54) is 11.3 Å². The molecular weight excluding hydrogens is 338 g/mol. The third kappa shape index (κ3) is 4.39. The molecular formula is C18H26N3O3S+. The van der Waals surface area contributed by atoms with E-state index in [9.17, 15) is 14.9 Å². The number of carbonyl (C=O) groups is 2. The molecule has 1 amide bonds. The van der Waals surface area contributed by atoms with Crippen molar-refractivity contribution in [2.75, 3.05) is 11.9 Å². The lowest BCUT2D eigenvalue weighted by atomic mass is 9.81. The fourth-order valence-electron chi connectivity index (χ4n) is 3.49. The second kappa shape index (κ2) is 7.14. The number of hydrogen-bond acceptors (Lipinski definition) is 5. The van der Waals surface area contributed by atoms with Crippen LogP contribution in [0.2, 0.25) is 0 Å². The molecule has 1 aromatic rings. The van der Waals surface area contributed by atoms with Crippen LogP contribution in [0, 0.1) is 11.3 Å². The number of amides is 1. The Kier molecular flexibility index (Phi) is 5.55. The van der Waals surface area contributed by atoms with Gasteiger partial charge in [-0.2, -0.15) is 5.26 Å². The molecule has 6 nitrogen and oxygen atoms in total. The number of rotatable bonds is 5. The molecule has 2 heterocycles. The minimum absolute atomic E-state index is 0.0138. The predicted molar refractivity (Wildman–Crippen MR) is 96.3 cm³/mol. The van der Waals surface area contributed by atoms with E-state index in [1.54, 1.807) is 0 Å². The standard InChI is InChI=1S/C18H25N3O3S/c1-6-7-14(23)24-10-13(22)20-16-12(9-19)11-8-17(2,3)21-18(4,5)15(11)25-16/h21H,6-8,10H2,1-5H3,(H,20,22)/p+1. The summed E-state index contributed by atoms with van der Waals surface area (Å²) in [5.41, 5.74) is 1.37. The van der Waals surface area contributed by atoms with Crippen molar-refractivity contribution in [2.24, 2.45) is 0 Å². The second-order valence-corrected chi connectivity index (χ2v) is 8.74. The number of thiophene rings is 1. The lowest BCUT2D eigenvalue weighted by Crippen LogP contribution is -3.03. The monoisotopic (exact) mass is 364 g/mol. The van der Waals surface area contributed by atoms with Crippen LogP contribution in [0.1, 0.15) is 63.5 Å². The van der Waals surface area contributed by atoms with Crippen LogP contribution in [0.3, 0.4) is 0 Å². The Labute approximate surface area is 152 Å². The van der Waals surface area contributed by atoms with Crippen molar-refractivity contribution in [3.63, 3.8) is 0 Å². The summed E-state index contributed by atoms with van der Waals surface area (Å²) >= 11 is 1.44. The number of ether oxygens (including phenoxy) is 1. The van der Waals surface area contributed by atoms with Gasteiger partial charge < -0.3 is 15.4 Å². The zero-order chi connectivity index (χ0) is 18.8. The maximum absolute atomic E-state index is 12.1. The number of fused-ring (bicyclic) bond motifs is 1. The van der Waals surface area contributed by atoms with Crippen LogP contribution in [0.4, 0.5) is 5.00 Å². The van der Waals surface area contributed by atoms with E-state index in [4.69, 9.17) is 4.74 Å². The highest BCUT2D eigenvalue weighted by molar-refractivity contribution is 7.16. The number of quaternary nitrogens is 1. The van der Waals surface area contributed by atoms with E-state index in [-0.39, 0.29) is 23.7 Å². The summed E-state index contributed by atoms with van der Waals surface area (Å²) in [6.45, 7) is 10.1. The molecule has 0 saturated carbocycles. The number of nitrogens with two attached hydrogens (primary N) is 1. The van der Waals surface area contributed by atoms with Gasteiger partial charge in [0.05, 0.1) is 16.0 Å². The lowest BCUT2D eigenvalue weighted by molar-refractivity contribution is -0.789. The molecule has 0 saturated heterocycles. The minimum atomic E-state index is -0.416. The predicted octanol–water partition coefficient (Wildman–Crippen LogP) is 2.03. The zero-order valence-electron chi connectivity index (χ0n) is 15.5. The molecule has 0 aliphatic carbocycles. The summed E-state index contributed by atoms with van der Waals surface area (Å²) in [4.78, 5) is 24.6. The molecule has 0 spiro atoms. The van der Waals surface area contributed by atoms with Crippen molar-refractivity contribution < 1.29 is 19.6 Å². The van der Waals surface area contributed by atoms with Gasteiger partial charge >= 0.3 is 5.97 Å². The molecule has 0 aromatic carbocycles. The number of nitriles is 1. The Morgan fingerprint density at radius 1 is 1.36 bits per heavy atom. The summed E-state index contributed by atoms with van der Waals surface area (Å²) in [7, 11) is 0. The van der Waals surface area contributed by atoms with Crippen molar-refractivity contribution in [3.05, 3.63) is 16.0 Å². The maximum atomic E-state index is 12.1. The first-order valence-electron chi connectivity index (χ1n) is 8.48. The normalized spacial score (nSPS) is 17.3. The number of carbonyl (C=O) groups excluding carboxylic acids is 2. The Morgan fingerprint density at radius 3 is 2.64 bits per heavy atom. The molecule has 136 valence electrons. The van der Waals surface area contributed by atoms with Crippen molar-refractivity contribution in [1.82, 2.24) is 0 Å². The molecule has 3 N–H and O–H groups in total. The molecule has 0 atom stereocenters. The summed E-state index contributed by atoms with van der Waals surface area (Å²) in [6, 6.07) is 2.24. The van der Waals surface area contributed by atoms with Crippen LogP contribution in [0.15, 0.2) is 0 Å². The third-order valence-corrected chi connectivity index (χ3v) is 5.65. The highest BCUT2D eigenvalue weighted by Crippen LogP contribution is 2.41. The average Bonchev–Trinajstić information content (AvgIpc) is 2.81. The molecule has 0 fully saturated rings. The van der Waals surface area contributed by atoms with Gasteiger partial charge in [0.2, 0.25) is 0 Å². The molecule has 0 unspecified atom stereocenters. The average molecular weight is 364 g/mol. The number of nitrogens with zero attached hydrogens (tertiary/aromatic N) is 1. The fourth-order valence-corrected chi connectivity index (χ4v) is 4.75. The smallest absolute Gasteiger partial charge is 0.306 e. The number of nitrogens with one attached hydrogen (secondary N) is 1. The molecule has 7 heteroatoms. The van der Waals surface area contributed by atoms with Gasteiger partial charge in [0.25, 0.3) is 5.91 Å². The van der Waals surface area contributed by atoms with Gasteiger partial charge in [-0.1, -0.05) is 6.92 Å².